The summed E-state index contributed by atoms with van der Waals surface area (Å²) in [6.45, 7) is 0. The van der Waals surface area contributed by atoms with Crippen molar-refractivity contribution in [2.75, 3.05) is 17.7 Å². The molecule has 0 atom stereocenters. The van der Waals surface area contributed by atoms with Crippen molar-refractivity contribution in [3.63, 3.8) is 0 Å². The first-order valence-corrected chi connectivity index (χ1v) is 5.48. The Bertz CT molecular complexity index is 610. The fraction of sp³-hybridized carbons (Fsp3) is 0.167. The molecule has 0 saturated carbocycles. The molecule has 0 unspecified atom stereocenters. The van der Waals surface area contributed by atoms with Crippen LogP contribution in [-0.2, 0) is 6.18 Å². The zero-order chi connectivity index (χ0) is 14.9. The normalized spacial score (nSPS) is 11.4. The predicted molar refractivity (Wildman–Crippen MR) is 65.9 cm³/mol. The fourth-order valence-corrected chi connectivity index (χ4v) is 1.55. The number of hydrogen-bond acceptors (Lipinski definition) is 4. The van der Waals surface area contributed by atoms with E-state index in [1.807, 2.05) is 0 Å². The summed E-state index contributed by atoms with van der Waals surface area (Å²) in [5, 5.41) is 0. The predicted octanol–water partition coefficient (Wildman–Crippen LogP) is 2.98. The Hall–Kier alpha value is -2.38. The Labute approximate surface area is 111 Å². The van der Waals surface area contributed by atoms with Crippen molar-refractivity contribution in [2.45, 2.75) is 6.18 Å². The lowest BCUT2D eigenvalue weighted by Gasteiger charge is -2.19. The average molecular weight is 286 g/mol. The van der Waals surface area contributed by atoms with E-state index in [0.717, 1.165) is 0 Å². The molecule has 106 valence electrons. The molecule has 0 saturated heterocycles. The van der Waals surface area contributed by atoms with Gasteiger partial charge in [0, 0.05) is 18.8 Å². The zero-order valence-electron chi connectivity index (χ0n) is 10.3. The second-order valence-electron chi connectivity index (χ2n) is 4.01. The largest absolute Gasteiger partial charge is 0.451 e. The van der Waals surface area contributed by atoms with Gasteiger partial charge >= 0.3 is 6.18 Å². The van der Waals surface area contributed by atoms with Crippen LogP contribution < -0.4 is 10.6 Å². The Morgan fingerprint density at radius 1 is 1.10 bits per heavy atom. The highest BCUT2D eigenvalue weighted by atomic mass is 19.4. The Kier molecular flexibility index (Phi) is 3.47. The maximum Gasteiger partial charge on any atom is 0.451 e. The van der Waals surface area contributed by atoms with Crippen LogP contribution in [0.25, 0.3) is 0 Å². The number of rotatable bonds is 2. The highest BCUT2D eigenvalue weighted by Crippen LogP contribution is 2.30. The third-order valence-corrected chi connectivity index (χ3v) is 2.54. The Morgan fingerprint density at radius 3 is 2.25 bits per heavy atom. The van der Waals surface area contributed by atoms with E-state index in [9.17, 15) is 17.6 Å². The second-order valence-corrected chi connectivity index (χ2v) is 4.01. The minimum atomic E-state index is -4.69. The monoisotopic (exact) mass is 286 g/mol. The summed E-state index contributed by atoms with van der Waals surface area (Å²) in [4.78, 5) is 7.92. The van der Waals surface area contributed by atoms with Crippen LogP contribution in [0.2, 0.25) is 0 Å². The molecule has 0 radical (unpaired) electrons. The lowest BCUT2D eigenvalue weighted by atomic mass is 10.3. The van der Waals surface area contributed by atoms with Crippen LogP contribution in [0, 0.1) is 5.82 Å². The van der Waals surface area contributed by atoms with Crippen molar-refractivity contribution in [1.29, 1.82) is 0 Å². The first kappa shape index (κ1) is 14.0. The van der Waals surface area contributed by atoms with E-state index in [-0.39, 0.29) is 11.6 Å². The first-order chi connectivity index (χ1) is 9.27. The van der Waals surface area contributed by atoms with Crippen molar-refractivity contribution >= 4 is 17.3 Å². The number of aromatic nitrogens is 2. The second kappa shape index (κ2) is 4.95. The van der Waals surface area contributed by atoms with Gasteiger partial charge in [-0.05, 0) is 24.3 Å². The number of benzene rings is 1. The van der Waals surface area contributed by atoms with E-state index in [1.165, 1.54) is 42.3 Å². The molecule has 0 bridgehead atoms. The molecule has 0 spiro atoms. The summed E-state index contributed by atoms with van der Waals surface area (Å²) in [6.07, 6.45) is -4.69. The fourth-order valence-electron chi connectivity index (χ4n) is 1.55. The lowest BCUT2D eigenvalue weighted by Crippen LogP contribution is -2.18. The van der Waals surface area contributed by atoms with Gasteiger partial charge in [0.25, 0.3) is 0 Å². The maximum absolute atomic E-state index is 12.8. The molecular formula is C12H10F4N4. The average Bonchev–Trinajstić information content (AvgIpc) is 2.37. The lowest BCUT2D eigenvalue weighted by molar-refractivity contribution is -0.144. The Morgan fingerprint density at radius 2 is 1.70 bits per heavy atom. The van der Waals surface area contributed by atoms with E-state index >= 15 is 0 Å². The molecule has 1 heterocycles. The van der Waals surface area contributed by atoms with Crippen LogP contribution in [0.15, 0.2) is 30.3 Å². The topological polar surface area (TPSA) is 55.0 Å². The Balaban J connectivity index is 2.42. The van der Waals surface area contributed by atoms with Gasteiger partial charge in [0.05, 0.1) is 0 Å². The standard InChI is InChI=1S/C12H10F4N4/c1-20(8-4-2-7(13)3-5-8)10-6-9(17)18-11(19-10)12(14,15)16/h2-6H,1H3,(H2,17,18,19). The van der Waals surface area contributed by atoms with Crippen molar-refractivity contribution in [3.8, 4) is 0 Å². The van der Waals surface area contributed by atoms with E-state index < -0.39 is 17.8 Å². The van der Waals surface area contributed by atoms with Crippen LogP contribution in [0.3, 0.4) is 0 Å². The minimum absolute atomic E-state index is 0.0311. The van der Waals surface area contributed by atoms with Gasteiger partial charge in [-0.3, -0.25) is 0 Å². The van der Waals surface area contributed by atoms with Crippen LogP contribution >= 0.6 is 0 Å². The summed E-state index contributed by atoms with van der Waals surface area (Å²) in [7, 11) is 1.50. The molecule has 0 fully saturated rings. The van der Waals surface area contributed by atoms with E-state index in [2.05, 4.69) is 9.97 Å². The van der Waals surface area contributed by atoms with E-state index in [1.54, 1.807) is 0 Å². The van der Waals surface area contributed by atoms with Crippen molar-refractivity contribution in [1.82, 2.24) is 9.97 Å². The number of hydrogen-bond donors (Lipinski definition) is 1. The van der Waals surface area contributed by atoms with Crippen LogP contribution in [0.5, 0.6) is 0 Å². The van der Waals surface area contributed by atoms with E-state index in [0.29, 0.717) is 5.69 Å². The number of alkyl halides is 3. The number of halogens is 4. The van der Waals surface area contributed by atoms with Crippen molar-refractivity contribution in [2.24, 2.45) is 0 Å². The quantitative estimate of drug-likeness (QED) is 0.862. The van der Waals surface area contributed by atoms with Gasteiger partial charge in [0.15, 0.2) is 0 Å². The molecular weight excluding hydrogens is 276 g/mol. The molecule has 1 aromatic carbocycles. The summed E-state index contributed by atoms with van der Waals surface area (Å²) >= 11 is 0. The molecule has 0 aliphatic heterocycles. The molecule has 2 rings (SSSR count). The highest BCUT2D eigenvalue weighted by Gasteiger charge is 2.35. The third kappa shape index (κ3) is 2.95. The first-order valence-electron chi connectivity index (χ1n) is 5.48. The zero-order valence-corrected chi connectivity index (χ0v) is 10.3. The van der Waals surface area contributed by atoms with Crippen molar-refractivity contribution < 1.29 is 17.6 Å². The molecule has 4 nitrogen and oxygen atoms in total. The molecule has 8 heteroatoms. The number of anilines is 3. The van der Waals surface area contributed by atoms with Gasteiger partial charge in [-0.15, -0.1) is 0 Å². The van der Waals surface area contributed by atoms with Gasteiger partial charge < -0.3 is 10.6 Å². The molecule has 20 heavy (non-hydrogen) atoms. The molecule has 0 aliphatic carbocycles. The molecule has 1 aromatic heterocycles. The van der Waals surface area contributed by atoms with Gasteiger partial charge in [0.2, 0.25) is 5.82 Å². The number of nitrogens with two attached hydrogens (primary N) is 1. The summed E-state index contributed by atoms with van der Waals surface area (Å²) in [5.74, 6) is -2.09. The van der Waals surface area contributed by atoms with Crippen LogP contribution in [0.1, 0.15) is 5.82 Å². The SMILES string of the molecule is CN(c1ccc(F)cc1)c1cc(N)nc(C(F)(F)F)n1. The molecule has 2 N–H and O–H groups in total. The van der Waals surface area contributed by atoms with Crippen LogP contribution in [-0.4, -0.2) is 17.0 Å². The van der Waals surface area contributed by atoms with Gasteiger partial charge in [-0.2, -0.15) is 13.2 Å². The third-order valence-electron chi connectivity index (χ3n) is 2.54. The number of nitrogen functional groups attached to an aromatic ring is 1. The minimum Gasteiger partial charge on any atom is -0.384 e. The van der Waals surface area contributed by atoms with Crippen molar-refractivity contribution in [3.05, 3.63) is 42.0 Å². The summed E-state index contributed by atoms with van der Waals surface area (Å²) in [5.41, 5.74) is 5.83. The smallest absolute Gasteiger partial charge is 0.384 e. The summed E-state index contributed by atoms with van der Waals surface area (Å²) < 4.78 is 50.7. The van der Waals surface area contributed by atoms with Gasteiger partial charge in [-0.25, -0.2) is 14.4 Å². The maximum atomic E-state index is 12.8. The van der Waals surface area contributed by atoms with E-state index in [4.69, 9.17) is 5.73 Å². The van der Waals surface area contributed by atoms with Gasteiger partial charge in [-0.1, -0.05) is 0 Å². The molecule has 0 aliphatic rings. The molecule has 0 amide bonds. The number of nitrogens with zero attached hydrogens (tertiary/aromatic N) is 3. The highest BCUT2D eigenvalue weighted by molar-refractivity contribution is 5.61. The molecule has 2 aromatic rings. The van der Waals surface area contributed by atoms with Gasteiger partial charge in [0.1, 0.15) is 17.5 Å². The van der Waals surface area contributed by atoms with Crippen LogP contribution in [0.4, 0.5) is 34.9 Å². The summed E-state index contributed by atoms with van der Waals surface area (Å²) in [6, 6.07) is 6.43.